The normalized spacial score (nSPS) is 15.5. The van der Waals surface area contributed by atoms with Gasteiger partial charge in [0.1, 0.15) is 5.82 Å². The molecule has 4 rings (SSSR count). The number of nitrogens with zero attached hydrogens (tertiary/aromatic N) is 3. The van der Waals surface area contributed by atoms with Crippen molar-refractivity contribution in [2.24, 2.45) is 0 Å². The topological polar surface area (TPSA) is 75.6 Å². The largest absolute Gasteiger partial charge is 0.301 e. The number of nitrogens with one attached hydrogen (secondary N) is 2. The van der Waals surface area contributed by atoms with Crippen LogP contribution in [0.25, 0.3) is 0 Å². The SMILES string of the molecule is C=CCn1c(Cc2csc(NC(=O)[C@@H]3Cc4ccccc4S3)n2)n[nH]c1=S. The van der Waals surface area contributed by atoms with Gasteiger partial charge in [-0.2, -0.15) is 5.10 Å². The zero-order chi connectivity index (χ0) is 18.8. The summed E-state index contributed by atoms with van der Waals surface area (Å²) in [5, 5.41) is 12.4. The van der Waals surface area contributed by atoms with Crippen LogP contribution in [0.4, 0.5) is 5.13 Å². The summed E-state index contributed by atoms with van der Waals surface area (Å²) in [6.07, 6.45) is 3.07. The van der Waals surface area contributed by atoms with Crippen molar-refractivity contribution in [3.63, 3.8) is 0 Å². The van der Waals surface area contributed by atoms with Crippen molar-refractivity contribution in [3.8, 4) is 0 Å². The maximum Gasteiger partial charge on any atom is 0.239 e. The number of amides is 1. The predicted octanol–water partition coefficient (Wildman–Crippen LogP) is 3.83. The molecule has 1 aliphatic heterocycles. The smallest absolute Gasteiger partial charge is 0.239 e. The fourth-order valence-corrected chi connectivity index (χ4v) is 5.06. The molecule has 0 radical (unpaired) electrons. The fourth-order valence-electron chi connectivity index (χ4n) is 2.92. The van der Waals surface area contributed by atoms with Gasteiger partial charge in [0, 0.05) is 16.8 Å². The highest BCUT2D eigenvalue weighted by Gasteiger charge is 2.28. The number of carbonyl (C=O) groups excluding carboxylic acids is 1. The number of thiazole rings is 1. The van der Waals surface area contributed by atoms with Crippen LogP contribution in [0, 0.1) is 4.77 Å². The molecule has 0 saturated carbocycles. The molecule has 1 aliphatic rings. The van der Waals surface area contributed by atoms with E-state index in [0.717, 1.165) is 17.9 Å². The number of allylic oxidation sites excluding steroid dienone is 1. The number of carbonyl (C=O) groups is 1. The van der Waals surface area contributed by atoms with Crippen LogP contribution in [-0.2, 0) is 24.2 Å². The number of benzene rings is 1. The molecule has 2 aromatic heterocycles. The van der Waals surface area contributed by atoms with Gasteiger partial charge in [-0.25, -0.2) is 4.98 Å². The summed E-state index contributed by atoms with van der Waals surface area (Å²) in [6.45, 7) is 4.34. The lowest BCUT2D eigenvalue weighted by molar-refractivity contribution is -0.115. The molecule has 0 spiro atoms. The second-order valence-electron chi connectivity index (χ2n) is 6.07. The third kappa shape index (κ3) is 3.90. The monoisotopic (exact) mass is 415 g/mol. The van der Waals surface area contributed by atoms with Crippen molar-refractivity contribution in [1.82, 2.24) is 19.7 Å². The fraction of sp³-hybridized carbons (Fsp3) is 0.222. The Morgan fingerprint density at radius 2 is 2.33 bits per heavy atom. The highest BCUT2D eigenvalue weighted by atomic mass is 32.2. The Hall–Kier alpha value is -2.23. The molecule has 0 bridgehead atoms. The molecule has 27 heavy (non-hydrogen) atoms. The van der Waals surface area contributed by atoms with E-state index in [4.69, 9.17) is 12.2 Å². The number of H-pyrrole nitrogens is 1. The van der Waals surface area contributed by atoms with Gasteiger partial charge in [-0.3, -0.25) is 14.5 Å². The van der Waals surface area contributed by atoms with Gasteiger partial charge in [0.15, 0.2) is 9.90 Å². The Morgan fingerprint density at radius 1 is 1.48 bits per heavy atom. The Balaban J connectivity index is 1.41. The minimum absolute atomic E-state index is 0.00793. The summed E-state index contributed by atoms with van der Waals surface area (Å²) < 4.78 is 2.44. The minimum atomic E-state index is -0.112. The second kappa shape index (κ2) is 7.79. The van der Waals surface area contributed by atoms with Crippen LogP contribution >= 0.6 is 35.3 Å². The van der Waals surface area contributed by atoms with E-state index >= 15 is 0 Å². The highest BCUT2D eigenvalue weighted by Crippen LogP contribution is 2.37. The Bertz CT molecular complexity index is 1030. The summed E-state index contributed by atoms with van der Waals surface area (Å²) in [4.78, 5) is 18.3. The number of aromatic amines is 1. The van der Waals surface area contributed by atoms with Crippen molar-refractivity contribution in [3.05, 3.63) is 64.2 Å². The zero-order valence-corrected chi connectivity index (χ0v) is 16.8. The van der Waals surface area contributed by atoms with Gasteiger partial charge in [0.05, 0.1) is 17.4 Å². The van der Waals surface area contributed by atoms with Crippen molar-refractivity contribution >= 4 is 46.4 Å². The molecule has 1 aromatic carbocycles. The molecular formula is C18H17N5OS3. The van der Waals surface area contributed by atoms with Crippen molar-refractivity contribution in [2.75, 3.05) is 5.32 Å². The first-order valence-corrected chi connectivity index (χ1v) is 10.6. The first kappa shape index (κ1) is 18.1. The molecule has 1 amide bonds. The standard InChI is InChI=1S/C18H17N5OS3/c1-2-7-23-15(21-22-18(23)25)9-12-10-26-17(19-12)20-16(24)14-8-11-5-3-4-6-13(11)27-14/h2-6,10,14H,1,7-9H2,(H,22,25)(H,19,20,24)/t14-/m0/s1. The van der Waals surface area contributed by atoms with E-state index in [1.807, 2.05) is 22.1 Å². The number of anilines is 1. The van der Waals surface area contributed by atoms with E-state index in [-0.39, 0.29) is 11.2 Å². The van der Waals surface area contributed by atoms with Gasteiger partial charge in [-0.1, -0.05) is 24.3 Å². The van der Waals surface area contributed by atoms with Crippen LogP contribution in [0.5, 0.6) is 0 Å². The number of hydrogen-bond donors (Lipinski definition) is 2. The number of thioether (sulfide) groups is 1. The van der Waals surface area contributed by atoms with Crippen molar-refractivity contribution in [2.45, 2.75) is 29.5 Å². The Labute approximate surface area is 169 Å². The van der Waals surface area contributed by atoms with Gasteiger partial charge in [-0.05, 0) is 30.3 Å². The molecule has 6 nitrogen and oxygen atoms in total. The maximum atomic E-state index is 12.6. The number of hydrogen-bond acceptors (Lipinski definition) is 6. The maximum absolute atomic E-state index is 12.6. The lowest BCUT2D eigenvalue weighted by atomic mass is 10.1. The highest BCUT2D eigenvalue weighted by molar-refractivity contribution is 8.01. The minimum Gasteiger partial charge on any atom is -0.301 e. The average molecular weight is 416 g/mol. The number of fused-ring (bicyclic) bond motifs is 1. The second-order valence-corrected chi connectivity index (χ2v) is 8.56. The molecular weight excluding hydrogens is 398 g/mol. The van der Waals surface area contributed by atoms with Gasteiger partial charge in [-0.15, -0.1) is 29.7 Å². The molecule has 0 aliphatic carbocycles. The van der Waals surface area contributed by atoms with Gasteiger partial charge >= 0.3 is 0 Å². The van der Waals surface area contributed by atoms with E-state index < -0.39 is 0 Å². The van der Waals surface area contributed by atoms with Gasteiger partial charge in [0.25, 0.3) is 0 Å². The Kier molecular flexibility index (Phi) is 5.24. The molecule has 0 fully saturated rings. The van der Waals surface area contributed by atoms with E-state index in [9.17, 15) is 4.79 Å². The molecule has 0 saturated heterocycles. The summed E-state index contributed by atoms with van der Waals surface area (Å²) in [6, 6.07) is 8.15. The predicted molar refractivity (Wildman–Crippen MR) is 111 cm³/mol. The van der Waals surface area contributed by atoms with Crippen LogP contribution in [-0.4, -0.2) is 30.9 Å². The number of aromatic nitrogens is 4. The third-order valence-corrected chi connectivity index (χ3v) is 6.65. The molecule has 1 atom stereocenters. The number of rotatable bonds is 6. The summed E-state index contributed by atoms with van der Waals surface area (Å²) >= 11 is 8.26. The van der Waals surface area contributed by atoms with Crippen molar-refractivity contribution < 1.29 is 4.79 Å². The van der Waals surface area contributed by atoms with Crippen LogP contribution in [0.2, 0.25) is 0 Å². The molecule has 2 N–H and O–H groups in total. The van der Waals surface area contributed by atoms with E-state index in [1.54, 1.807) is 17.8 Å². The molecule has 0 unspecified atom stereocenters. The van der Waals surface area contributed by atoms with Gasteiger partial charge < -0.3 is 5.32 Å². The molecule has 3 heterocycles. The zero-order valence-electron chi connectivity index (χ0n) is 14.3. The van der Waals surface area contributed by atoms with Gasteiger partial charge in [0.2, 0.25) is 5.91 Å². The quantitative estimate of drug-likeness (QED) is 0.473. The van der Waals surface area contributed by atoms with Crippen molar-refractivity contribution in [1.29, 1.82) is 0 Å². The van der Waals surface area contributed by atoms with Crippen LogP contribution in [0.15, 0.2) is 47.2 Å². The summed E-state index contributed by atoms with van der Waals surface area (Å²) in [7, 11) is 0. The molecule has 9 heteroatoms. The molecule has 3 aromatic rings. The first-order valence-electron chi connectivity index (χ1n) is 8.39. The van der Waals surface area contributed by atoms with Crippen LogP contribution in [0.3, 0.4) is 0 Å². The lowest BCUT2D eigenvalue weighted by Crippen LogP contribution is -2.24. The van der Waals surface area contributed by atoms with Crippen LogP contribution < -0.4 is 5.32 Å². The lowest BCUT2D eigenvalue weighted by Gasteiger charge is -2.07. The Morgan fingerprint density at radius 3 is 3.15 bits per heavy atom. The summed E-state index contributed by atoms with van der Waals surface area (Å²) in [5.41, 5.74) is 2.07. The average Bonchev–Trinajstić information content (AvgIpc) is 3.37. The first-order chi connectivity index (χ1) is 13.1. The van der Waals surface area contributed by atoms with E-state index in [1.165, 1.54) is 21.8 Å². The van der Waals surface area contributed by atoms with E-state index in [0.29, 0.717) is 22.9 Å². The van der Waals surface area contributed by atoms with Crippen LogP contribution in [0.1, 0.15) is 17.1 Å². The van der Waals surface area contributed by atoms with E-state index in [2.05, 4.69) is 39.2 Å². The summed E-state index contributed by atoms with van der Waals surface area (Å²) in [5.74, 6) is 0.788. The third-order valence-electron chi connectivity index (χ3n) is 4.21. The molecule has 138 valence electrons.